The third-order valence-corrected chi connectivity index (χ3v) is 9.60. The number of nitrogens with zero attached hydrogens (tertiary/aromatic N) is 4. The van der Waals surface area contributed by atoms with Crippen LogP contribution in [0.4, 0.5) is 17.1 Å². The summed E-state index contributed by atoms with van der Waals surface area (Å²) >= 11 is 0. The summed E-state index contributed by atoms with van der Waals surface area (Å²) in [6.07, 6.45) is 0. The van der Waals surface area contributed by atoms with Gasteiger partial charge in [-0.3, -0.25) is 0 Å². The molecule has 0 amide bonds. The van der Waals surface area contributed by atoms with Gasteiger partial charge in [0.15, 0.2) is 0 Å². The summed E-state index contributed by atoms with van der Waals surface area (Å²) in [5, 5.41) is -3.21. The predicted molar refractivity (Wildman–Crippen MR) is 249 cm³/mol. The summed E-state index contributed by atoms with van der Waals surface area (Å²) in [6, 6.07) is -35.1. The summed E-state index contributed by atoms with van der Waals surface area (Å²) in [6.45, 7) is 1.08. The fourth-order valence-electron chi connectivity index (χ4n) is 7.13. The van der Waals surface area contributed by atoms with Crippen LogP contribution in [0.25, 0.3) is 82.5 Å². The molecular weight excluding hydrogens is 717 g/mol. The molecule has 9 aromatic carbocycles. The van der Waals surface area contributed by atoms with Crippen molar-refractivity contribution in [2.24, 2.45) is 0 Å². The van der Waals surface area contributed by atoms with Gasteiger partial charge in [0.05, 0.1) is 81.1 Å². The van der Waals surface area contributed by atoms with E-state index in [0.717, 1.165) is 11.5 Å². The van der Waals surface area contributed by atoms with Gasteiger partial charge in [-0.2, -0.15) is 0 Å². The van der Waals surface area contributed by atoms with Gasteiger partial charge in [-0.05, 0) is 115 Å². The highest BCUT2D eigenvalue weighted by Crippen LogP contribution is 2.41. The lowest BCUT2D eigenvalue weighted by Crippen LogP contribution is -2.11. The molecule has 0 saturated heterocycles. The minimum atomic E-state index is -1.33. The first-order valence-electron chi connectivity index (χ1n) is 34.9. The van der Waals surface area contributed by atoms with E-state index in [4.69, 9.17) is 32.9 Å². The molecule has 3 heterocycles. The highest BCUT2D eigenvalue weighted by molar-refractivity contribution is 6.11. The molecule has 0 unspecified atom stereocenters. The highest BCUT2D eigenvalue weighted by Gasteiger charge is 2.19. The van der Waals surface area contributed by atoms with E-state index in [9.17, 15) is 15.1 Å². The van der Waals surface area contributed by atoms with Gasteiger partial charge in [-0.25, -0.2) is 0 Å². The first kappa shape index (κ1) is 13.6. The molecule has 12 aromatic rings. The van der Waals surface area contributed by atoms with Crippen LogP contribution in [0, 0.1) is 6.92 Å². The second-order valence-corrected chi connectivity index (χ2v) is 12.8. The molecule has 0 atom stereocenters. The molecule has 0 fully saturated rings. The zero-order chi connectivity index (χ0) is 69.5. The Morgan fingerprint density at radius 2 is 0.610 bits per heavy atom. The average Bonchev–Trinajstić information content (AvgIpc) is 1.50. The van der Waals surface area contributed by atoms with Crippen molar-refractivity contribution >= 4 is 82.5 Å². The van der Waals surface area contributed by atoms with Crippen LogP contribution in [0.5, 0.6) is 0 Å². The molecule has 0 bridgehead atoms. The molecule has 59 heavy (non-hydrogen) atoms. The van der Waals surface area contributed by atoms with Crippen molar-refractivity contribution < 1.29 is 48.0 Å². The van der Waals surface area contributed by atoms with Crippen molar-refractivity contribution in [3.8, 4) is 17.1 Å². The first-order chi connectivity index (χ1) is 43.8. The Morgan fingerprint density at radius 3 is 0.949 bits per heavy atom. The Kier molecular flexibility index (Phi) is 3.03. The SMILES string of the molecule is [2H]c1c([2H])c(-n2c3c([2H])c([2H])c([2H])c([2H])c3c3c([2H])c([2H])c([2H])c([2H])c32)c([2H])c([2H])c1N(c1c([2H])c([2H])c(-n2c3c([2H])c([2H])c([2H])c([2H])c3c3c([2H])c([2H])c([2H])c([2H])c32)c([2H])c1[2H])c1c([2H])c([2H])c(-n2c3c([2H])c([2H])c([2H])c([2H])c3c3c([2H])c([2H])c([2H])c([2H])c32)c(C)c1[2H]. The van der Waals surface area contributed by atoms with Crippen molar-refractivity contribution in [1.29, 1.82) is 0 Å². The second-order valence-electron chi connectivity index (χ2n) is 12.8. The van der Waals surface area contributed by atoms with Crippen molar-refractivity contribution in [2.75, 3.05) is 4.90 Å². The number of anilines is 3. The molecule has 0 radical (unpaired) electrons. The van der Waals surface area contributed by atoms with Crippen LogP contribution in [0.3, 0.4) is 0 Å². The van der Waals surface area contributed by atoms with E-state index in [-0.39, 0.29) is 0 Å². The largest absolute Gasteiger partial charge is 0.310 e. The summed E-state index contributed by atoms with van der Waals surface area (Å²) < 4.78 is 322. The van der Waals surface area contributed by atoms with E-state index < -0.39 is 317 Å². The van der Waals surface area contributed by atoms with Crippen LogP contribution in [0.15, 0.2) is 211 Å². The highest BCUT2D eigenvalue weighted by atomic mass is 15.1. The van der Waals surface area contributed by atoms with Gasteiger partial charge in [0.25, 0.3) is 0 Å². The maximum absolute atomic E-state index is 10.1. The minimum Gasteiger partial charge on any atom is -0.310 e. The normalized spacial score (nSPS) is 20.1. The van der Waals surface area contributed by atoms with Crippen molar-refractivity contribution in [1.82, 2.24) is 13.7 Å². The maximum atomic E-state index is 10.1. The van der Waals surface area contributed by atoms with Crippen LogP contribution >= 0.6 is 0 Å². The molecule has 278 valence electrons. The number of para-hydroxylation sites is 6. The van der Waals surface area contributed by atoms with E-state index in [1.165, 1.54) is 0 Å². The Morgan fingerprint density at radius 1 is 0.322 bits per heavy atom. The van der Waals surface area contributed by atoms with E-state index in [2.05, 4.69) is 0 Å². The third-order valence-electron chi connectivity index (χ3n) is 9.60. The molecule has 0 aliphatic carbocycles. The fraction of sp³-hybridized carbons (Fsp3) is 0.0182. The summed E-state index contributed by atoms with van der Waals surface area (Å²) in [5.74, 6) is 0. The second kappa shape index (κ2) is 13.1. The molecule has 12 rings (SSSR count). The summed E-state index contributed by atoms with van der Waals surface area (Å²) in [4.78, 5) is 0.354. The van der Waals surface area contributed by atoms with Crippen molar-refractivity contribution in [3.63, 3.8) is 0 Å². The average molecular weight is 790 g/mol. The number of hydrogen-bond donors (Lipinski definition) is 0. The van der Waals surface area contributed by atoms with E-state index >= 15 is 0 Å². The van der Waals surface area contributed by atoms with Gasteiger partial charge in [0, 0.05) is 66.4 Å². The zero-order valence-corrected chi connectivity index (χ0v) is 29.8. The van der Waals surface area contributed by atoms with Gasteiger partial charge >= 0.3 is 0 Å². The molecule has 3 aromatic heterocycles. The zero-order valence-electron chi connectivity index (χ0n) is 64.8. The molecule has 4 nitrogen and oxygen atoms in total. The van der Waals surface area contributed by atoms with Crippen LogP contribution < -0.4 is 4.90 Å². The summed E-state index contributed by atoms with van der Waals surface area (Å²) in [7, 11) is 0. The molecule has 0 spiro atoms. The van der Waals surface area contributed by atoms with Gasteiger partial charge in [-0.15, -0.1) is 0 Å². The minimum absolute atomic E-state index is 0.354. The quantitative estimate of drug-likeness (QED) is 0.164. The van der Waals surface area contributed by atoms with E-state index in [1.54, 1.807) is 0 Å². The van der Waals surface area contributed by atoms with Gasteiger partial charge in [0.2, 0.25) is 0 Å². The Balaban J connectivity index is 1.27. The van der Waals surface area contributed by atoms with Crippen LogP contribution in [0.2, 0.25) is 0 Å². The molecule has 0 saturated carbocycles. The molecular formula is C55H38N4. The van der Waals surface area contributed by atoms with Gasteiger partial charge < -0.3 is 18.6 Å². The molecule has 0 N–H and O–H groups in total. The van der Waals surface area contributed by atoms with Crippen molar-refractivity contribution in [2.45, 2.75) is 6.92 Å². The number of fused-ring (bicyclic) bond motifs is 9. The van der Waals surface area contributed by atoms with Gasteiger partial charge in [0.1, 0.15) is 0 Å². The number of aromatic nitrogens is 3. The van der Waals surface area contributed by atoms with E-state index in [1.807, 2.05) is 0 Å². The number of rotatable bonds is 6. The van der Waals surface area contributed by atoms with Gasteiger partial charge in [-0.1, -0.05) is 109 Å². The fourth-order valence-corrected chi connectivity index (χ4v) is 7.13. The van der Waals surface area contributed by atoms with Crippen LogP contribution in [-0.4, -0.2) is 13.7 Å². The Bertz CT molecular complexity index is 4780. The Hall–Kier alpha value is -7.82. The number of benzene rings is 9. The topological polar surface area (TPSA) is 18.0 Å². The van der Waals surface area contributed by atoms with Crippen molar-refractivity contribution in [3.05, 3.63) is 217 Å². The smallest absolute Gasteiger partial charge is 0.0648 e. The monoisotopic (exact) mass is 790 g/mol. The Labute approximate surface area is 390 Å². The van der Waals surface area contributed by atoms with Crippen LogP contribution in [0.1, 0.15) is 53.5 Å². The maximum Gasteiger partial charge on any atom is 0.0648 e. The number of hydrogen-bond acceptors (Lipinski definition) is 1. The molecule has 0 aliphatic rings. The third kappa shape index (κ3) is 5.10. The molecule has 4 heteroatoms. The molecule has 0 aliphatic heterocycles. The standard InChI is InChI=1S/C55H38N4/c1-37-36-42(34-35-49(37)59-54-24-12-6-18-47(54)48-19-7-13-25-55(48)59)56(38-26-30-40(31-27-38)57-50-20-8-2-14-43(50)44-15-3-9-21-51(44)57)39-28-32-41(33-29-39)58-52-22-10-4-16-45(52)46-17-5-11-23-53(46)58/h2-36H,1H3/i2D,3D,4D,5D,6D,7D,8D,9D,10D,11D,12D,13D,14D,15D,16D,17D,18D,19D,20D,21D,22D,23D,24D,25D,26D,27D,28D,29D,30D,31D,32D,33D,34D,35D,36D. The lowest BCUT2D eigenvalue weighted by atomic mass is 10.1. The van der Waals surface area contributed by atoms with Crippen LogP contribution in [-0.2, 0) is 0 Å². The lowest BCUT2D eigenvalue weighted by Gasteiger charge is -2.27. The lowest BCUT2D eigenvalue weighted by molar-refractivity contribution is 1.14. The predicted octanol–water partition coefficient (Wildman–Crippen LogP) is 14.8. The van der Waals surface area contributed by atoms with E-state index in [0.29, 0.717) is 14.0 Å². The summed E-state index contributed by atoms with van der Waals surface area (Å²) in [5.41, 5.74) is -10.6. The first-order valence-corrected chi connectivity index (χ1v) is 17.4.